The van der Waals surface area contributed by atoms with Crippen molar-refractivity contribution in [2.24, 2.45) is 11.5 Å². The summed E-state index contributed by atoms with van der Waals surface area (Å²) in [6, 6.07) is 10.5. The van der Waals surface area contributed by atoms with Gasteiger partial charge >= 0.3 is 0 Å². The van der Waals surface area contributed by atoms with Crippen LogP contribution in [0.25, 0.3) is 27.9 Å². The molecule has 3 heteroatoms. The molecular formula is C16H17N3. The Kier molecular flexibility index (Phi) is 2.76. The fourth-order valence-corrected chi connectivity index (χ4v) is 2.73. The molecule has 0 aliphatic carbocycles. The fourth-order valence-electron chi connectivity index (χ4n) is 2.73. The van der Waals surface area contributed by atoms with E-state index in [1.165, 1.54) is 16.3 Å². The van der Waals surface area contributed by atoms with Gasteiger partial charge in [-0.25, -0.2) is 0 Å². The van der Waals surface area contributed by atoms with Crippen LogP contribution >= 0.6 is 0 Å². The molecule has 0 radical (unpaired) electrons. The van der Waals surface area contributed by atoms with E-state index >= 15 is 0 Å². The predicted octanol–water partition coefficient (Wildman–Crippen LogP) is 3.02. The lowest BCUT2D eigenvalue weighted by molar-refractivity contribution is 1.06. The van der Waals surface area contributed by atoms with Crippen LogP contribution in [0.15, 0.2) is 36.5 Å². The van der Waals surface area contributed by atoms with Crippen LogP contribution in [0.5, 0.6) is 0 Å². The van der Waals surface area contributed by atoms with Crippen molar-refractivity contribution in [2.45, 2.75) is 13.5 Å². The largest absolute Gasteiger partial charge is 0.405 e. The van der Waals surface area contributed by atoms with Gasteiger partial charge in [-0.05, 0) is 48.0 Å². The van der Waals surface area contributed by atoms with Gasteiger partial charge in [0.1, 0.15) is 0 Å². The summed E-state index contributed by atoms with van der Waals surface area (Å²) < 4.78 is 0. The molecule has 2 aromatic carbocycles. The third-order valence-electron chi connectivity index (χ3n) is 3.67. The van der Waals surface area contributed by atoms with E-state index in [2.05, 4.69) is 36.2 Å². The zero-order valence-electron chi connectivity index (χ0n) is 10.9. The first-order chi connectivity index (χ1) is 9.26. The average molecular weight is 251 g/mol. The molecule has 3 rings (SSSR count). The first-order valence-electron chi connectivity index (χ1n) is 6.37. The van der Waals surface area contributed by atoms with E-state index in [0.29, 0.717) is 6.54 Å². The smallest absolute Gasteiger partial charge is 0.0500 e. The fraction of sp³-hybridized carbons (Fsp3) is 0.125. The number of aryl methyl sites for hydroxylation is 1. The van der Waals surface area contributed by atoms with E-state index in [4.69, 9.17) is 11.5 Å². The second-order valence-electron chi connectivity index (χ2n) is 4.73. The minimum absolute atomic E-state index is 0.510. The lowest BCUT2D eigenvalue weighted by Crippen LogP contribution is -2.01. The minimum Gasteiger partial charge on any atom is -0.405 e. The maximum Gasteiger partial charge on any atom is 0.0500 e. The van der Waals surface area contributed by atoms with Crippen LogP contribution in [-0.4, -0.2) is 4.98 Å². The molecule has 0 amide bonds. The molecule has 0 fully saturated rings. The van der Waals surface area contributed by atoms with Crippen molar-refractivity contribution >= 4 is 27.9 Å². The highest BCUT2D eigenvalue weighted by atomic mass is 14.7. The highest BCUT2D eigenvalue weighted by Gasteiger charge is 2.11. The van der Waals surface area contributed by atoms with Gasteiger partial charge in [0.05, 0.1) is 5.52 Å². The molecule has 0 spiro atoms. The summed E-state index contributed by atoms with van der Waals surface area (Å²) in [6.07, 6.45) is 3.48. The van der Waals surface area contributed by atoms with Crippen molar-refractivity contribution in [3.05, 3.63) is 53.2 Å². The lowest BCUT2D eigenvalue weighted by Gasteiger charge is -2.09. The summed E-state index contributed by atoms with van der Waals surface area (Å²) in [5.74, 6) is 0. The average Bonchev–Trinajstić information content (AvgIpc) is 2.81. The molecule has 0 unspecified atom stereocenters. The van der Waals surface area contributed by atoms with Crippen LogP contribution in [0.4, 0.5) is 0 Å². The number of nitrogens with two attached hydrogens (primary N) is 2. The molecule has 0 aliphatic heterocycles. The van der Waals surface area contributed by atoms with Crippen LogP contribution in [-0.2, 0) is 6.54 Å². The number of benzene rings is 2. The number of aromatic amines is 1. The molecule has 0 aliphatic rings. The second-order valence-corrected chi connectivity index (χ2v) is 4.73. The van der Waals surface area contributed by atoms with Gasteiger partial charge in [-0.1, -0.05) is 18.2 Å². The summed E-state index contributed by atoms with van der Waals surface area (Å²) in [5.41, 5.74) is 17.1. The summed E-state index contributed by atoms with van der Waals surface area (Å²) in [5, 5.41) is 2.46. The monoisotopic (exact) mass is 251 g/mol. The number of para-hydroxylation sites is 1. The van der Waals surface area contributed by atoms with Gasteiger partial charge in [0, 0.05) is 22.8 Å². The van der Waals surface area contributed by atoms with Crippen LogP contribution in [0.2, 0.25) is 0 Å². The van der Waals surface area contributed by atoms with Crippen molar-refractivity contribution in [1.82, 2.24) is 4.98 Å². The molecule has 5 N–H and O–H groups in total. The zero-order valence-corrected chi connectivity index (χ0v) is 10.9. The molecular weight excluding hydrogens is 234 g/mol. The van der Waals surface area contributed by atoms with Crippen molar-refractivity contribution in [1.29, 1.82) is 0 Å². The van der Waals surface area contributed by atoms with Gasteiger partial charge in [-0.3, -0.25) is 0 Å². The number of fused-ring (bicyclic) bond motifs is 3. The normalized spacial score (nSPS) is 11.9. The second kappa shape index (κ2) is 4.44. The van der Waals surface area contributed by atoms with E-state index in [1.807, 2.05) is 12.1 Å². The Bertz CT molecular complexity index is 781. The molecule has 3 nitrogen and oxygen atoms in total. The van der Waals surface area contributed by atoms with Gasteiger partial charge in [0.2, 0.25) is 0 Å². The van der Waals surface area contributed by atoms with Gasteiger partial charge in [-0.2, -0.15) is 0 Å². The van der Waals surface area contributed by atoms with E-state index in [-0.39, 0.29) is 0 Å². The number of aromatic nitrogens is 1. The number of hydrogen-bond acceptors (Lipinski definition) is 2. The summed E-state index contributed by atoms with van der Waals surface area (Å²) in [6.45, 7) is 2.61. The Morgan fingerprint density at radius 3 is 2.74 bits per heavy atom. The lowest BCUT2D eigenvalue weighted by atomic mass is 9.97. The molecule has 1 aromatic heterocycles. The maximum absolute atomic E-state index is 5.87. The Balaban J connectivity index is 2.48. The van der Waals surface area contributed by atoms with Gasteiger partial charge < -0.3 is 16.5 Å². The van der Waals surface area contributed by atoms with Crippen LogP contribution in [0, 0.1) is 6.92 Å². The van der Waals surface area contributed by atoms with Crippen molar-refractivity contribution in [3.63, 3.8) is 0 Å². The third-order valence-corrected chi connectivity index (χ3v) is 3.67. The molecule has 0 saturated heterocycles. The number of hydrogen-bond donors (Lipinski definition) is 3. The van der Waals surface area contributed by atoms with E-state index in [1.54, 1.807) is 6.20 Å². The van der Waals surface area contributed by atoms with E-state index in [0.717, 1.165) is 22.2 Å². The van der Waals surface area contributed by atoms with Crippen LogP contribution in [0.3, 0.4) is 0 Å². The van der Waals surface area contributed by atoms with Crippen molar-refractivity contribution < 1.29 is 0 Å². The topological polar surface area (TPSA) is 67.8 Å². The first kappa shape index (κ1) is 11.8. The third kappa shape index (κ3) is 1.71. The SMILES string of the molecule is Cc1c(/C=C\N)c(CN)cc2c1[nH]c1ccccc12. The summed E-state index contributed by atoms with van der Waals surface area (Å²) in [7, 11) is 0. The highest BCUT2D eigenvalue weighted by molar-refractivity contribution is 6.09. The Labute approximate surface area is 111 Å². The quantitative estimate of drug-likeness (QED) is 0.655. The molecule has 0 saturated carbocycles. The predicted molar refractivity (Wildman–Crippen MR) is 81.7 cm³/mol. The zero-order chi connectivity index (χ0) is 13.4. The number of nitrogens with one attached hydrogen (secondary N) is 1. The first-order valence-corrected chi connectivity index (χ1v) is 6.37. The standard InChI is InChI=1S/C16H17N3/c1-10-12(6-7-17)11(9-18)8-14-13-4-2-3-5-15(13)19-16(10)14/h2-8,19H,9,17-18H2,1H3/b7-6-. The number of H-pyrrole nitrogens is 1. The van der Waals surface area contributed by atoms with E-state index < -0.39 is 0 Å². The van der Waals surface area contributed by atoms with Crippen molar-refractivity contribution in [3.8, 4) is 0 Å². The van der Waals surface area contributed by atoms with E-state index in [9.17, 15) is 0 Å². The Morgan fingerprint density at radius 2 is 2.00 bits per heavy atom. The summed E-state index contributed by atoms with van der Waals surface area (Å²) in [4.78, 5) is 3.48. The molecule has 3 aromatic rings. The van der Waals surface area contributed by atoms with Gasteiger partial charge in [0.15, 0.2) is 0 Å². The van der Waals surface area contributed by atoms with Crippen LogP contribution in [0.1, 0.15) is 16.7 Å². The maximum atomic E-state index is 5.87. The molecule has 0 bridgehead atoms. The molecule has 19 heavy (non-hydrogen) atoms. The molecule has 1 heterocycles. The number of rotatable bonds is 2. The minimum atomic E-state index is 0.510. The molecule has 96 valence electrons. The van der Waals surface area contributed by atoms with Gasteiger partial charge in [-0.15, -0.1) is 0 Å². The Morgan fingerprint density at radius 1 is 1.21 bits per heavy atom. The highest BCUT2D eigenvalue weighted by Crippen LogP contribution is 2.31. The van der Waals surface area contributed by atoms with Crippen molar-refractivity contribution in [2.75, 3.05) is 0 Å². The Hall–Kier alpha value is -2.26. The van der Waals surface area contributed by atoms with Crippen LogP contribution < -0.4 is 11.5 Å². The molecule has 0 atom stereocenters. The van der Waals surface area contributed by atoms with Gasteiger partial charge in [0.25, 0.3) is 0 Å². The summed E-state index contributed by atoms with van der Waals surface area (Å²) >= 11 is 0.